The van der Waals surface area contributed by atoms with Gasteiger partial charge >= 0.3 is 0 Å². The Labute approximate surface area is 111 Å². The highest BCUT2D eigenvalue weighted by molar-refractivity contribution is 7.09. The summed E-state index contributed by atoms with van der Waals surface area (Å²) in [4.78, 5) is 10.3. The number of pyridine rings is 1. The smallest absolute Gasteiger partial charge is 0.0798 e. The number of rotatable bonds is 3. The molecule has 2 atom stereocenters. The van der Waals surface area contributed by atoms with Crippen LogP contribution in [0, 0.1) is 6.92 Å². The molecule has 2 aromatic heterocycles. The second kappa shape index (κ2) is 4.78. The Morgan fingerprint density at radius 3 is 3.06 bits per heavy atom. The monoisotopic (exact) mass is 259 g/mol. The van der Waals surface area contributed by atoms with Crippen molar-refractivity contribution in [2.45, 2.75) is 31.7 Å². The van der Waals surface area contributed by atoms with Gasteiger partial charge in [-0.05, 0) is 38.4 Å². The fourth-order valence-corrected chi connectivity index (χ4v) is 3.87. The molecular weight excluding hydrogens is 242 g/mol. The topological polar surface area (TPSA) is 37.8 Å². The Hall–Kier alpha value is -1.26. The molecule has 0 aromatic carbocycles. The Kier molecular flexibility index (Phi) is 3.14. The van der Waals surface area contributed by atoms with E-state index < -0.39 is 0 Å². The SMILES string of the molecule is CNC(c1scnc1C)C1CCc2cccnc21. The lowest BCUT2D eigenvalue weighted by Gasteiger charge is -2.22. The third-order valence-electron chi connectivity index (χ3n) is 3.78. The van der Waals surface area contributed by atoms with Crippen molar-refractivity contribution >= 4 is 11.3 Å². The minimum absolute atomic E-state index is 0.341. The zero-order valence-electron chi connectivity index (χ0n) is 10.7. The van der Waals surface area contributed by atoms with Gasteiger partial charge in [0.1, 0.15) is 0 Å². The molecule has 0 radical (unpaired) electrons. The Bertz CT molecular complexity index is 549. The van der Waals surface area contributed by atoms with Gasteiger partial charge in [-0.2, -0.15) is 0 Å². The van der Waals surface area contributed by atoms with Gasteiger partial charge in [0.25, 0.3) is 0 Å². The Morgan fingerprint density at radius 2 is 2.33 bits per heavy atom. The highest BCUT2D eigenvalue weighted by atomic mass is 32.1. The summed E-state index contributed by atoms with van der Waals surface area (Å²) in [6.45, 7) is 2.09. The molecule has 0 saturated heterocycles. The Balaban J connectivity index is 1.98. The molecule has 18 heavy (non-hydrogen) atoms. The van der Waals surface area contributed by atoms with Crippen molar-refractivity contribution in [2.24, 2.45) is 0 Å². The van der Waals surface area contributed by atoms with Crippen molar-refractivity contribution < 1.29 is 0 Å². The van der Waals surface area contributed by atoms with Gasteiger partial charge in [0, 0.05) is 22.7 Å². The molecule has 2 aromatic rings. The third kappa shape index (κ3) is 1.85. The van der Waals surface area contributed by atoms with Crippen LogP contribution < -0.4 is 5.32 Å². The maximum Gasteiger partial charge on any atom is 0.0798 e. The minimum atomic E-state index is 0.341. The molecule has 1 aliphatic carbocycles. The summed E-state index contributed by atoms with van der Waals surface area (Å²) in [6.07, 6.45) is 4.22. The first-order valence-corrected chi connectivity index (χ1v) is 7.20. The molecule has 0 saturated carbocycles. The van der Waals surface area contributed by atoms with Gasteiger partial charge in [-0.25, -0.2) is 4.98 Å². The molecule has 94 valence electrons. The maximum atomic E-state index is 4.59. The number of aryl methyl sites for hydroxylation is 2. The van der Waals surface area contributed by atoms with Crippen molar-refractivity contribution in [2.75, 3.05) is 7.05 Å². The fourth-order valence-electron chi connectivity index (χ4n) is 2.89. The van der Waals surface area contributed by atoms with Crippen molar-refractivity contribution in [3.8, 4) is 0 Å². The van der Waals surface area contributed by atoms with Gasteiger partial charge in [-0.15, -0.1) is 11.3 Å². The largest absolute Gasteiger partial charge is 0.312 e. The van der Waals surface area contributed by atoms with E-state index in [1.54, 1.807) is 11.3 Å². The molecule has 0 bridgehead atoms. The normalized spacial score (nSPS) is 19.8. The van der Waals surface area contributed by atoms with Gasteiger partial charge in [0.2, 0.25) is 0 Å². The van der Waals surface area contributed by atoms with E-state index in [9.17, 15) is 0 Å². The van der Waals surface area contributed by atoms with Gasteiger partial charge in [0.15, 0.2) is 0 Å². The molecule has 2 heterocycles. The van der Waals surface area contributed by atoms with E-state index >= 15 is 0 Å². The second-order valence-corrected chi connectivity index (χ2v) is 5.65. The molecular formula is C14H17N3S. The number of nitrogens with zero attached hydrogens (tertiary/aromatic N) is 2. The van der Waals surface area contributed by atoms with E-state index in [1.165, 1.54) is 22.6 Å². The average Bonchev–Trinajstić information content (AvgIpc) is 2.99. The molecule has 3 rings (SSSR count). The first-order valence-electron chi connectivity index (χ1n) is 6.32. The van der Waals surface area contributed by atoms with E-state index in [-0.39, 0.29) is 0 Å². The summed E-state index contributed by atoms with van der Waals surface area (Å²) in [5, 5.41) is 3.46. The molecule has 1 aliphatic rings. The lowest BCUT2D eigenvalue weighted by Crippen LogP contribution is -2.23. The number of likely N-dealkylation sites (N-methyl/N-ethyl adjacent to an activating group) is 1. The van der Waals surface area contributed by atoms with Crippen LogP contribution in [-0.4, -0.2) is 17.0 Å². The molecule has 1 N–H and O–H groups in total. The summed E-state index contributed by atoms with van der Waals surface area (Å²) in [5.74, 6) is 0.477. The second-order valence-electron chi connectivity index (χ2n) is 4.76. The summed E-state index contributed by atoms with van der Waals surface area (Å²) in [6, 6.07) is 4.58. The number of hydrogen-bond donors (Lipinski definition) is 1. The van der Waals surface area contributed by atoms with Crippen LogP contribution in [0.3, 0.4) is 0 Å². The predicted octanol–water partition coefficient (Wildman–Crippen LogP) is 2.84. The molecule has 0 aliphatic heterocycles. The minimum Gasteiger partial charge on any atom is -0.312 e. The zero-order valence-corrected chi connectivity index (χ0v) is 11.5. The Morgan fingerprint density at radius 1 is 1.44 bits per heavy atom. The maximum absolute atomic E-state index is 4.59. The zero-order chi connectivity index (χ0) is 12.5. The van der Waals surface area contributed by atoms with Crippen molar-refractivity contribution in [3.63, 3.8) is 0 Å². The molecule has 0 spiro atoms. The van der Waals surface area contributed by atoms with Crippen LogP contribution in [-0.2, 0) is 6.42 Å². The highest BCUT2D eigenvalue weighted by Gasteiger charge is 2.32. The predicted molar refractivity (Wildman–Crippen MR) is 74.0 cm³/mol. The quantitative estimate of drug-likeness (QED) is 0.921. The van der Waals surface area contributed by atoms with Gasteiger partial charge in [0.05, 0.1) is 17.2 Å². The molecule has 3 nitrogen and oxygen atoms in total. The van der Waals surface area contributed by atoms with E-state index in [0.717, 1.165) is 12.1 Å². The lowest BCUT2D eigenvalue weighted by atomic mass is 9.95. The molecule has 0 amide bonds. The average molecular weight is 259 g/mol. The van der Waals surface area contributed by atoms with E-state index in [0.29, 0.717) is 12.0 Å². The van der Waals surface area contributed by atoms with Crippen LogP contribution in [0.4, 0.5) is 0 Å². The number of hydrogen-bond acceptors (Lipinski definition) is 4. The molecule has 0 fully saturated rings. The summed E-state index contributed by atoms with van der Waals surface area (Å²) >= 11 is 1.74. The third-order valence-corrected chi connectivity index (χ3v) is 4.79. The van der Waals surface area contributed by atoms with Crippen molar-refractivity contribution in [1.29, 1.82) is 0 Å². The van der Waals surface area contributed by atoms with E-state index in [1.807, 2.05) is 24.8 Å². The van der Waals surface area contributed by atoms with Gasteiger partial charge in [-0.1, -0.05) is 6.07 Å². The standard InChI is InChI=1S/C14H17N3S/c1-9-14(18-8-17-9)13(15-2)11-6-5-10-4-3-7-16-12(10)11/h3-4,7-8,11,13,15H,5-6H2,1-2H3. The summed E-state index contributed by atoms with van der Waals surface area (Å²) in [5.41, 5.74) is 5.75. The lowest BCUT2D eigenvalue weighted by molar-refractivity contribution is 0.474. The van der Waals surface area contributed by atoms with Crippen LogP contribution >= 0.6 is 11.3 Å². The highest BCUT2D eigenvalue weighted by Crippen LogP contribution is 2.41. The number of aromatic nitrogens is 2. The van der Waals surface area contributed by atoms with Crippen LogP contribution in [0.2, 0.25) is 0 Å². The van der Waals surface area contributed by atoms with Gasteiger partial charge < -0.3 is 5.32 Å². The van der Waals surface area contributed by atoms with E-state index in [4.69, 9.17) is 0 Å². The van der Waals surface area contributed by atoms with Crippen LogP contribution in [0.15, 0.2) is 23.8 Å². The van der Waals surface area contributed by atoms with Crippen LogP contribution in [0.25, 0.3) is 0 Å². The van der Waals surface area contributed by atoms with E-state index in [2.05, 4.69) is 28.3 Å². The van der Waals surface area contributed by atoms with Crippen molar-refractivity contribution in [3.05, 3.63) is 45.7 Å². The number of nitrogens with one attached hydrogen (secondary N) is 1. The summed E-state index contributed by atoms with van der Waals surface area (Å²) in [7, 11) is 2.03. The molecule has 4 heteroatoms. The number of fused-ring (bicyclic) bond motifs is 1. The van der Waals surface area contributed by atoms with Crippen molar-refractivity contribution in [1.82, 2.24) is 15.3 Å². The van der Waals surface area contributed by atoms with Crippen LogP contribution in [0.1, 0.15) is 40.2 Å². The van der Waals surface area contributed by atoms with Crippen LogP contribution in [0.5, 0.6) is 0 Å². The first-order chi connectivity index (χ1) is 8.81. The summed E-state index contributed by atoms with van der Waals surface area (Å²) < 4.78 is 0. The number of thiazole rings is 1. The van der Waals surface area contributed by atoms with Gasteiger partial charge in [-0.3, -0.25) is 4.98 Å². The fraction of sp³-hybridized carbons (Fsp3) is 0.429. The molecule has 2 unspecified atom stereocenters. The first kappa shape index (κ1) is 11.8.